The Labute approximate surface area is 192 Å². The molecule has 0 atom stereocenters. The minimum Gasteiger partial charge on any atom is -0.312 e. The molecule has 0 spiro atoms. The van der Waals surface area contributed by atoms with Gasteiger partial charge < -0.3 is 18.1 Å². The van der Waals surface area contributed by atoms with Crippen LogP contribution in [0.5, 0.6) is 0 Å². The molecule has 28 heavy (non-hydrogen) atoms. The lowest BCUT2D eigenvalue weighted by atomic mass is 10.5. The highest BCUT2D eigenvalue weighted by Gasteiger charge is 2.36. The standard InChI is InChI=1S/C14H22O6P2S6/c1-17-21(15,18-2)7-9-10(8-22(16,19-3)20-4)26-13(25-9)14-27-11(23-5)12(24-6)28-14/h7-8H2,1-6H3. The Balaban J connectivity index is 2.33. The molecule has 2 aliphatic heterocycles. The molecule has 0 aromatic rings. The molecule has 0 saturated heterocycles. The van der Waals surface area contributed by atoms with Gasteiger partial charge >= 0.3 is 15.2 Å². The number of hydrogen-bond acceptors (Lipinski definition) is 12. The zero-order chi connectivity index (χ0) is 20.9. The lowest BCUT2D eigenvalue weighted by Gasteiger charge is -2.16. The molecule has 0 aromatic carbocycles. The molecule has 160 valence electrons. The van der Waals surface area contributed by atoms with Gasteiger partial charge in [-0.15, -0.1) is 23.5 Å². The summed E-state index contributed by atoms with van der Waals surface area (Å²) in [5.74, 6) is 0. The van der Waals surface area contributed by atoms with Gasteiger partial charge in [0, 0.05) is 38.2 Å². The van der Waals surface area contributed by atoms with Gasteiger partial charge in [0.1, 0.15) is 0 Å². The lowest BCUT2D eigenvalue weighted by molar-refractivity contribution is 0.277. The summed E-state index contributed by atoms with van der Waals surface area (Å²) in [5.41, 5.74) is 0. The van der Waals surface area contributed by atoms with Crippen LogP contribution in [-0.2, 0) is 27.2 Å². The van der Waals surface area contributed by atoms with Crippen molar-refractivity contribution in [1.82, 2.24) is 0 Å². The summed E-state index contributed by atoms with van der Waals surface area (Å²) in [6, 6.07) is 0. The molecule has 0 bridgehead atoms. The van der Waals surface area contributed by atoms with E-state index < -0.39 is 15.2 Å². The first-order valence-electron chi connectivity index (χ1n) is 7.68. The topological polar surface area (TPSA) is 71.1 Å². The third-order valence-corrected chi connectivity index (χ3v) is 16.1. The van der Waals surface area contributed by atoms with Crippen molar-refractivity contribution in [2.24, 2.45) is 0 Å². The van der Waals surface area contributed by atoms with Crippen LogP contribution in [0.3, 0.4) is 0 Å². The molecule has 14 heteroatoms. The molecule has 0 unspecified atom stereocenters. The second-order valence-electron chi connectivity index (χ2n) is 5.08. The van der Waals surface area contributed by atoms with E-state index >= 15 is 0 Å². The first-order valence-corrected chi connectivity index (χ1v) is 16.8. The van der Waals surface area contributed by atoms with E-state index in [-0.39, 0.29) is 12.3 Å². The summed E-state index contributed by atoms with van der Waals surface area (Å²) in [5, 5.41) is 0. The van der Waals surface area contributed by atoms with E-state index in [9.17, 15) is 9.13 Å². The molecular formula is C14H22O6P2S6. The molecule has 0 saturated carbocycles. The number of hydrogen-bond donors (Lipinski definition) is 0. The summed E-state index contributed by atoms with van der Waals surface area (Å²) in [7, 11) is -1.05. The number of thioether (sulfide) groups is 6. The summed E-state index contributed by atoms with van der Waals surface area (Å²) in [6.45, 7) is 0. The molecule has 2 aliphatic rings. The minimum atomic E-state index is -3.26. The molecule has 2 rings (SSSR count). The van der Waals surface area contributed by atoms with E-state index in [1.54, 1.807) is 47.0 Å². The van der Waals surface area contributed by atoms with Gasteiger partial charge in [0.15, 0.2) is 0 Å². The van der Waals surface area contributed by atoms with Gasteiger partial charge in [-0.2, -0.15) is 0 Å². The zero-order valence-corrected chi connectivity index (χ0v) is 22.9. The third-order valence-electron chi connectivity index (χ3n) is 3.60. The molecule has 0 fully saturated rings. The third kappa shape index (κ3) is 6.33. The highest BCUT2D eigenvalue weighted by Crippen LogP contribution is 2.66. The predicted octanol–water partition coefficient (Wildman–Crippen LogP) is 7.11. The van der Waals surface area contributed by atoms with Crippen LogP contribution < -0.4 is 0 Å². The molecule has 0 amide bonds. The normalized spacial score (nSPS) is 18.8. The SMILES string of the molecule is COP(=O)(CC1=C(CP(=O)(OC)OC)SC(=C2SC(SC)=C(SC)S2)S1)OC. The second-order valence-corrected chi connectivity index (χ2v) is 16.5. The molecule has 0 N–H and O–H groups in total. The largest absolute Gasteiger partial charge is 0.335 e. The van der Waals surface area contributed by atoms with Crippen LogP contribution >= 0.6 is 85.8 Å². The minimum absolute atomic E-state index is 0.116. The molecular weight excluding hydrogens is 518 g/mol. The van der Waals surface area contributed by atoms with Crippen molar-refractivity contribution < 1.29 is 27.2 Å². The van der Waals surface area contributed by atoms with Crippen LogP contribution in [0.4, 0.5) is 0 Å². The van der Waals surface area contributed by atoms with E-state index in [0.717, 1.165) is 14.0 Å². The van der Waals surface area contributed by atoms with Crippen molar-refractivity contribution in [2.45, 2.75) is 0 Å². The first-order chi connectivity index (χ1) is 13.3. The van der Waals surface area contributed by atoms with Crippen molar-refractivity contribution in [2.75, 3.05) is 53.3 Å². The summed E-state index contributed by atoms with van der Waals surface area (Å²) in [6.07, 6.45) is 4.37. The second kappa shape index (κ2) is 11.5. The van der Waals surface area contributed by atoms with Crippen molar-refractivity contribution >= 4 is 85.8 Å². The quantitative estimate of drug-likeness (QED) is 0.265. The van der Waals surface area contributed by atoms with E-state index in [0.29, 0.717) is 0 Å². The molecule has 0 radical (unpaired) electrons. The van der Waals surface area contributed by atoms with E-state index in [2.05, 4.69) is 12.5 Å². The van der Waals surface area contributed by atoms with Crippen molar-refractivity contribution in [3.05, 3.63) is 26.8 Å². The molecule has 0 aliphatic carbocycles. The fourth-order valence-electron chi connectivity index (χ4n) is 2.05. The van der Waals surface area contributed by atoms with Gasteiger partial charge in [-0.1, -0.05) is 47.0 Å². The summed E-state index contributed by atoms with van der Waals surface area (Å²) >= 11 is 9.99. The van der Waals surface area contributed by atoms with Gasteiger partial charge in [0.05, 0.1) is 29.3 Å². The van der Waals surface area contributed by atoms with Crippen LogP contribution in [0.15, 0.2) is 26.8 Å². The number of allylic oxidation sites excluding steroid dienone is 2. The average Bonchev–Trinajstić information content (AvgIpc) is 3.31. The molecule has 0 aromatic heterocycles. The monoisotopic (exact) mass is 540 g/mol. The Morgan fingerprint density at radius 3 is 1.29 bits per heavy atom. The van der Waals surface area contributed by atoms with Crippen molar-refractivity contribution in [3.8, 4) is 0 Å². The Bertz CT molecular complexity index is 719. The zero-order valence-electron chi connectivity index (χ0n) is 16.2. The van der Waals surface area contributed by atoms with E-state index in [4.69, 9.17) is 18.1 Å². The maximum atomic E-state index is 12.7. The Morgan fingerprint density at radius 2 is 1.00 bits per heavy atom. The Kier molecular flexibility index (Phi) is 10.6. The fraction of sp³-hybridized carbons (Fsp3) is 0.571. The molecule has 6 nitrogen and oxygen atoms in total. The highest BCUT2D eigenvalue weighted by molar-refractivity contribution is 8.42. The van der Waals surface area contributed by atoms with Gasteiger partial charge in [-0.3, -0.25) is 9.13 Å². The van der Waals surface area contributed by atoms with Gasteiger partial charge in [0.2, 0.25) is 0 Å². The smallest absolute Gasteiger partial charge is 0.312 e. The molecule has 2 heterocycles. The van der Waals surface area contributed by atoms with Crippen molar-refractivity contribution in [3.63, 3.8) is 0 Å². The van der Waals surface area contributed by atoms with Crippen molar-refractivity contribution in [1.29, 1.82) is 0 Å². The fourth-order valence-corrected chi connectivity index (χ4v) is 13.3. The van der Waals surface area contributed by atoms with Gasteiger partial charge in [-0.05, 0) is 12.5 Å². The summed E-state index contributed by atoms with van der Waals surface area (Å²) < 4.78 is 50.7. The summed E-state index contributed by atoms with van der Waals surface area (Å²) in [4.78, 5) is 1.64. The van der Waals surface area contributed by atoms with Crippen LogP contribution in [0.25, 0.3) is 0 Å². The lowest BCUT2D eigenvalue weighted by Crippen LogP contribution is -2.00. The highest BCUT2D eigenvalue weighted by atomic mass is 32.3. The maximum absolute atomic E-state index is 12.7. The van der Waals surface area contributed by atoms with Crippen LogP contribution in [0.2, 0.25) is 0 Å². The van der Waals surface area contributed by atoms with Crippen LogP contribution in [0.1, 0.15) is 0 Å². The number of rotatable bonds is 10. The Morgan fingerprint density at radius 1 is 0.679 bits per heavy atom. The van der Waals surface area contributed by atoms with E-state index in [1.165, 1.54) is 64.7 Å². The van der Waals surface area contributed by atoms with Gasteiger partial charge in [0.25, 0.3) is 0 Å². The first kappa shape index (κ1) is 25.9. The average molecular weight is 541 g/mol. The predicted molar refractivity (Wildman–Crippen MR) is 131 cm³/mol. The maximum Gasteiger partial charge on any atom is 0.335 e. The van der Waals surface area contributed by atoms with Gasteiger partial charge in [-0.25, -0.2) is 0 Å². The Hall–Kier alpha value is 1.62. The van der Waals surface area contributed by atoms with E-state index in [1.807, 2.05) is 0 Å². The van der Waals surface area contributed by atoms with Crippen LogP contribution in [0, 0.1) is 0 Å². The van der Waals surface area contributed by atoms with Crippen LogP contribution in [-0.4, -0.2) is 53.3 Å².